The fourth-order valence-electron chi connectivity index (χ4n) is 1.02. The molecule has 0 unspecified atom stereocenters. The van der Waals surface area contributed by atoms with E-state index in [1.54, 1.807) is 11.8 Å². The second kappa shape index (κ2) is 6.23. The minimum atomic E-state index is -0.359. The number of hydrogen-bond acceptors (Lipinski definition) is 3. The van der Waals surface area contributed by atoms with Gasteiger partial charge in [-0.05, 0) is 27.7 Å². The predicted octanol–water partition coefficient (Wildman–Crippen LogP) is 3.30. The van der Waals surface area contributed by atoms with Gasteiger partial charge in [-0.3, -0.25) is 0 Å². The molecule has 84 valence electrons. The quantitative estimate of drug-likeness (QED) is 0.668. The van der Waals surface area contributed by atoms with Gasteiger partial charge in [-0.1, -0.05) is 6.92 Å². The van der Waals surface area contributed by atoms with E-state index >= 15 is 0 Å². The summed E-state index contributed by atoms with van der Waals surface area (Å²) in [6.45, 7) is 2.63. The molecular weight excluding hydrogens is 281 g/mol. The molecule has 0 saturated heterocycles. The molecule has 1 aromatic rings. The average molecular weight is 294 g/mol. The van der Waals surface area contributed by atoms with Crippen LogP contribution in [-0.4, -0.2) is 18.1 Å². The van der Waals surface area contributed by atoms with Crippen molar-refractivity contribution in [2.45, 2.75) is 6.92 Å². The molecule has 0 aliphatic heterocycles. The first-order valence-corrected chi connectivity index (χ1v) is 6.55. The summed E-state index contributed by atoms with van der Waals surface area (Å²) < 4.78 is 18.9. The molecule has 0 aliphatic rings. The lowest BCUT2D eigenvalue weighted by molar-refractivity contribution is 0.343. The lowest BCUT2D eigenvalue weighted by Crippen LogP contribution is -2.03. The van der Waals surface area contributed by atoms with Crippen LogP contribution < -0.4 is 10.5 Å². The van der Waals surface area contributed by atoms with E-state index < -0.39 is 0 Å². The number of thioether (sulfide) groups is 1. The Kier molecular flexibility index (Phi) is 5.25. The van der Waals surface area contributed by atoms with E-state index in [0.29, 0.717) is 22.5 Å². The molecule has 0 aromatic heterocycles. The van der Waals surface area contributed by atoms with Gasteiger partial charge in [0.15, 0.2) is 0 Å². The second-order valence-electron chi connectivity index (χ2n) is 2.85. The highest BCUT2D eigenvalue weighted by atomic mass is 79.9. The molecule has 1 rings (SSSR count). The van der Waals surface area contributed by atoms with E-state index in [-0.39, 0.29) is 5.82 Å². The number of ether oxygens (including phenoxy) is 1. The molecule has 2 N–H and O–H groups in total. The fourth-order valence-corrected chi connectivity index (χ4v) is 1.87. The first kappa shape index (κ1) is 12.6. The molecule has 0 heterocycles. The molecule has 15 heavy (non-hydrogen) atoms. The number of anilines is 1. The van der Waals surface area contributed by atoms with Crippen LogP contribution in [0.5, 0.6) is 5.75 Å². The smallest absolute Gasteiger partial charge is 0.145 e. The fraction of sp³-hybridized carbons (Fsp3) is 0.400. The molecular formula is C10H13BrFNOS. The lowest BCUT2D eigenvalue weighted by Gasteiger charge is -2.09. The van der Waals surface area contributed by atoms with Gasteiger partial charge < -0.3 is 10.5 Å². The maximum Gasteiger partial charge on any atom is 0.145 e. The van der Waals surface area contributed by atoms with Gasteiger partial charge in [0.05, 0.1) is 16.8 Å². The summed E-state index contributed by atoms with van der Waals surface area (Å²) >= 11 is 4.83. The van der Waals surface area contributed by atoms with E-state index in [4.69, 9.17) is 10.5 Å². The molecule has 0 bridgehead atoms. The molecule has 5 heteroatoms. The monoisotopic (exact) mass is 293 g/mol. The molecule has 0 atom stereocenters. The van der Waals surface area contributed by atoms with Gasteiger partial charge in [-0.25, -0.2) is 4.39 Å². The third-order valence-electron chi connectivity index (χ3n) is 1.74. The van der Waals surface area contributed by atoms with Crippen molar-refractivity contribution in [1.82, 2.24) is 0 Å². The van der Waals surface area contributed by atoms with Crippen molar-refractivity contribution < 1.29 is 9.13 Å². The number of nitrogen functional groups attached to an aromatic ring is 1. The highest BCUT2D eigenvalue weighted by molar-refractivity contribution is 9.10. The Hall–Kier alpha value is -0.420. The van der Waals surface area contributed by atoms with Crippen LogP contribution in [0.2, 0.25) is 0 Å². The third kappa shape index (κ3) is 3.91. The zero-order valence-corrected chi connectivity index (χ0v) is 10.8. The Morgan fingerprint density at radius 1 is 1.53 bits per heavy atom. The minimum Gasteiger partial charge on any atom is -0.490 e. The van der Waals surface area contributed by atoms with Crippen LogP contribution in [0.4, 0.5) is 10.1 Å². The summed E-state index contributed by atoms with van der Waals surface area (Å²) in [6, 6.07) is 2.81. The predicted molar refractivity (Wildman–Crippen MR) is 67.0 cm³/mol. The van der Waals surface area contributed by atoms with Crippen LogP contribution in [0.15, 0.2) is 16.6 Å². The Labute approximate surface area is 102 Å². The van der Waals surface area contributed by atoms with Crippen molar-refractivity contribution in [1.29, 1.82) is 0 Å². The highest BCUT2D eigenvalue weighted by Crippen LogP contribution is 2.28. The van der Waals surface area contributed by atoms with E-state index in [9.17, 15) is 4.39 Å². The van der Waals surface area contributed by atoms with E-state index in [1.807, 2.05) is 0 Å². The van der Waals surface area contributed by atoms with Crippen molar-refractivity contribution >= 4 is 33.4 Å². The summed E-state index contributed by atoms with van der Waals surface area (Å²) in [4.78, 5) is 0. The van der Waals surface area contributed by atoms with Crippen molar-refractivity contribution in [3.05, 3.63) is 22.4 Å². The molecule has 0 spiro atoms. The Morgan fingerprint density at radius 2 is 2.27 bits per heavy atom. The molecule has 0 saturated carbocycles. The standard InChI is InChI=1S/C10H13BrFNOS/c1-2-15-4-3-14-10-6-8(12)7(11)5-9(10)13/h5-6H,2-4,13H2,1H3. The SMILES string of the molecule is CCSCCOc1cc(F)c(Br)cc1N. The van der Waals surface area contributed by atoms with Gasteiger partial charge in [0.1, 0.15) is 11.6 Å². The maximum absolute atomic E-state index is 13.1. The average Bonchev–Trinajstić information content (AvgIpc) is 2.20. The number of nitrogens with two attached hydrogens (primary N) is 1. The van der Waals surface area contributed by atoms with E-state index in [2.05, 4.69) is 22.9 Å². The highest BCUT2D eigenvalue weighted by Gasteiger charge is 2.06. The first-order chi connectivity index (χ1) is 7.15. The van der Waals surface area contributed by atoms with Crippen LogP contribution in [0.3, 0.4) is 0 Å². The van der Waals surface area contributed by atoms with E-state index in [0.717, 1.165) is 11.5 Å². The Morgan fingerprint density at radius 3 is 2.93 bits per heavy atom. The Balaban J connectivity index is 2.57. The number of halogens is 2. The van der Waals surface area contributed by atoms with Gasteiger partial charge in [-0.2, -0.15) is 11.8 Å². The zero-order chi connectivity index (χ0) is 11.3. The normalized spacial score (nSPS) is 10.3. The lowest BCUT2D eigenvalue weighted by atomic mass is 10.3. The molecule has 0 fully saturated rings. The van der Waals surface area contributed by atoms with E-state index in [1.165, 1.54) is 12.1 Å². The van der Waals surface area contributed by atoms with Crippen molar-refractivity contribution in [3.63, 3.8) is 0 Å². The van der Waals surface area contributed by atoms with Crippen LogP contribution in [0.1, 0.15) is 6.92 Å². The van der Waals surface area contributed by atoms with Crippen LogP contribution in [0.25, 0.3) is 0 Å². The Bertz CT molecular complexity index is 335. The van der Waals surface area contributed by atoms with Gasteiger partial charge in [0.2, 0.25) is 0 Å². The molecule has 0 aliphatic carbocycles. The summed E-state index contributed by atoms with van der Waals surface area (Å²) in [6.07, 6.45) is 0. The summed E-state index contributed by atoms with van der Waals surface area (Å²) in [5, 5.41) is 0. The van der Waals surface area contributed by atoms with Crippen LogP contribution in [0, 0.1) is 5.82 Å². The minimum absolute atomic E-state index is 0.357. The van der Waals surface area contributed by atoms with Gasteiger partial charge in [0.25, 0.3) is 0 Å². The van der Waals surface area contributed by atoms with Crippen molar-refractivity contribution in [2.24, 2.45) is 0 Å². The second-order valence-corrected chi connectivity index (χ2v) is 5.10. The molecule has 0 amide bonds. The topological polar surface area (TPSA) is 35.2 Å². The summed E-state index contributed by atoms with van der Waals surface area (Å²) in [5.41, 5.74) is 6.13. The number of hydrogen-bond donors (Lipinski definition) is 1. The summed E-state index contributed by atoms with van der Waals surface area (Å²) in [7, 11) is 0. The molecule has 1 aromatic carbocycles. The number of benzene rings is 1. The first-order valence-electron chi connectivity index (χ1n) is 4.60. The third-order valence-corrected chi connectivity index (χ3v) is 3.21. The summed E-state index contributed by atoms with van der Waals surface area (Å²) in [5.74, 6) is 1.98. The van der Waals surface area contributed by atoms with Gasteiger partial charge in [0, 0.05) is 11.8 Å². The largest absolute Gasteiger partial charge is 0.490 e. The molecule has 2 nitrogen and oxygen atoms in total. The zero-order valence-electron chi connectivity index (χ0n) is 8.43. The van der Waals surface area contributed by atoms with Gasteiger partial charge in [-0.15, -0.1) is 0 Å². The van der Waals surface area contributed by atoms with Crippen LogP contribution in [-0.2, 0) is 0 Å². The van der Waals surface area contributed by atoms with Crippen molar-refractivity contribution in [2.75, 3.05) is 23.8 Å². The van der Waals surface area contributed by atoms with Gasteiger partial charge >= 0.3 is 0 Å². The number of rotatable bonds is 5. The van der Waals surface area contributed by atoms with Crippen LogP contribution >= 0.6 is 27.7 Å². The maximum atomic E-state index is 13.1. The molecule has 0 radical (unpaired) electrons. The van der Waals surface area contributed by atoms with Crippen molar-refractivity contribution in [3.8, 4) is 5.75 Å².